The van der Waals surface area contributed by atoms with E-state index in [2.05, 4.69) is 42.6 Å². The summed E-state index contributed by atoms with van der Waals surface area (Å²) >= 11 is 1.54. The lowest BCUT2D eigenvalue weighted by Crippen LogP contribution is -2.13. The Bertz CT molecular complexity index is 1460. The van der Waals surface area contributed by atoms with Gasteiger partial charge in [-0.1, -0.05) is 29.5 Å². The summed E-state index contributed by atoms with van der Waals surface area (Å²) in [6.45, 7) is 0.788. The van der Waals surface area contributed by atoms with Crippen molar-refractivity contribution < 1.29 is 4.79 Å². The predicted molar refractivity (Wildman–Crippen MR) is 138 cm³/mol. The number of hydrogen-bond donors (Lipinski definition) is 4. The summed E-state index contributed by atoms with van der Waals surface area (Å²) in [6, 6.07) is 18.5. The van der Waals surface area contributed by atoms with Gasteiger partial charge in [0, 0.05) is 30.2 Å². The minimum Gasteiger partial charge on any atom is -0.397 e. The van der Waals surface area contributed by atoms with Gasteiger partial charge in [-0.25, -0.2) is 9.97 Å². The molecule has 9 heteroatoms. The molecule has 0 atom stereocenters. The van der Waals surface area contributed by atoms with Gasteiger partial charge in [0.2, 0.25) is 0 Å². The summed E-state index contributed by atoms with van der Waals surface area (Å²) in [5.74, 6) is -0.216. The summed E-state index contributed by atoms with van der Waals surface area (Å²) < 4.78 is 2.08. The molecule has 0 fully saturated rings. The van der Waals surface area contributed by atoms with Crippen LogP contribution in [0, 0.1) is 0 Å². The molecule has 5 N–H and O–H groups in total. The second-order valence-corrected chi connectivity index (χ2v) is 8.74. The van der Waals surface area contributed by atoms with Gasteiger partial charge in [0.25, 0.3) is 5.91 Å². The lowest BCUT2D eigenvalue weighted by molar-refractivity contribution is 0.102. The Morgan fingerprint density at radius 2 is 1.85 bits per heavy atom. The van der Waals surface area contributed by atoms with Crippen LogP contribution >= 0.6 is 11.3 Å². The van der Waals surface area contributed by atoms with Gasteiger partial charge in [-0.2, -0.15) is 0 Å². The van der Waals surface area contributed by atoms with E-state index in [1.165, 1.54) is 5.56 Å². The Morgan fingerprint density at radius 3 is 2.65 bits per heavy atom. The number of pyridine rings is 1. The van der Waals surface area contributed by atoms with Gasteiger partial charge in [-0.3, -0.25) is 9.20 Å². The van der Waals surface area contributed by atoms with Crippen molar-refractivity contribution in [2.24, 2.45) is 0 Å². The highest BCUT2D eigenvalue weighted by Crippen LogP contribution is 2.31. The number of fused-ring (bicyclic) bond motifs is 1. The average Bonchev–Trinajstić information content (AvgIpc) is 3.48. The Labute approximate surface area is 200 Å². The molecular weight excluding hydrogens is 446 g/mol. The van der Waals surface area contributed by atoms with Gasteiger partial charge >= 0.3 is 0 Å². The normalized spacial score (nSPS) is 11.0. The molecule has 3 aromatic heterocycles. The number of hydrogen-bond acceptors (Lipinski definition) is 7. The summed E-state index contributed by atoms with van der Waals surface area (Å²) in [5.41, 5.74) is 11.5. The fourth-order valence-corrected chi connectivity index (χ4v) is 4.44. The number of carbonyl (C=O) groups is 1. The number of aromatic nitrogens is 3. The minimum atomic E-state index is -0.216. The number of nitrogens with one attached hydrogen (secondary N) is 3. The van der Waals surface area contributed by atoms with Gasteiger partial charge in [-0.05, 0) is 55.1 Å². The smallest absolute Gasteiger partial charge is 0.255 e. The Hall–Kier alpha value is -4.21. The zero-order chi connectivity index (χ0) is 23.5. The number of rotatable bonds is 7. The van der Waals surface area contributed by atoms with Gasteiger partial charge in [-0.15, -0.1) is 0 Å². The molecule has 0 saturated heterocycles. The standard InChI is InChI=1S/C25H23N7OS/c1-27-12-16-6-11-23-28-13-21(32(23)15-16)22-14-29-25(34-22)30-18-9-7-17(8-10-18)24(33)31-20-5-3-2-4-19(20)26/h2-11,13-15,27H,12,26H2,1H3,(H,29,30)(H,31,33). The number of para-hydroxylation sites is 2. The van der Waals surface area contributed by atoms with Crippen LogP contribution in [0.5, 0.6) is 0 Å². The lowest BCUT2D eigenvalue weighted by Gasteiger charge is -2.08. The summed E-state index contributed by atoms with van der Waals surface area (Å²) in [6.07, 6.45) is 5.80. The van der Waals surface area contributed by atoms with Crippen molar-refractivity contribution in [2.75, 3.05) is 23.4 Å². The second kappa shape index (κ2) is 9.34. The molecule has 3 heterocycles. The van der Waals surface area contributed by atoms with Crippen molar-refractivity contribution in [3.8, 4) is 10.6 Å². The molecule has 0 unspecified atom stereocenters. The number of benzene rings is 2. The molecule has 0 radical (unpaired) electrons. The van der Waals surface area contributed by atoms with Crippen LogP contribution in [0.2, 0.25) is 0 Å². The van der Waals surface area contributed by atoms with Crippen LogP contribution in [0.15, 0.2) is 79.3 Å². The summed E-state index contributed by atoms with van der Waals surface area (Å²) in [5, 5.41) is 10.1. The van der Waals surface area contributed by atoms with Crippen LogP contribution in [0.25, 0.3) is 16.2 Å². The van der Waals surface area contributed by atoms with E-state index in [1.807, 2.05) is 49.8 Å². The molecule has 8 nitrogen and oxygen atoms in total. The molecule has 5 aromatic rings. The third-order valence-electron chi connectivity index (χ3n) is 5.31. The third-order valence-corrected chi connectivity index (χ3v) is 6.25. The molecule has 170 valence electrons. The van der Waals surface area contributed by atoms with Crippen LogP contribution in [-0.2, 0) is 6.54 Å². The van der Waals surface area contributed by atoms with E-state index >= 15 is 0 Å². The third kappa shape index (κ3) is 4.47. The molecule has 0 aliphatic carbocycles. The molecule has 0 aliphatic heterocycles. The highest BCUT2D eigenvalue weighted by atomic mass is 32.1. The number of thiazole rings is 1. The van der Waals surface area contributed by atoms with Gasteiger partial charge in [0.05, 0.1) is 28.1 Å². The second-order valence-electron chi connectivity index (χ2n) is 7.71. The van der Waals surface area contributed by atoms with Crippen LogP contribution in [0.4, 0.5) is 22.2 Å². The number of carbonyl (C=O) groups excluding carboxylic acids is 1. The molecule has 5 rings (SSSR count). The topological polar surface area (TPSA) is 109 Å². The van der Waals surface area contributed by atoms with E-state index in [4.69, 9.17) is 5.73 Å². The van der Waals surface area contributed by atoms with E-state index in [-0.39, 0.29) is 5.91 Å². The quantitative estimate of drug-likeness (QED) is 0.256. The lowest BCUT2D eigenvalue weighted by atomic mass is 10.2. The van der Waals surface area contributed by atoms with Crippen molar-refractivity contribution in [3.63, 3.8) is 0 Å². The van der Waals surface area contributed by atoms with Crippen molar-refractivity contribution in [1.82, 2.24) is 19.7 Å². The maximum Gasteiger partial charge on any atom is 0.255 e. The largest absolute Gasteiger partial charge is 0.397 e. The highest BCUT2D eigenvalue weighted by molar-refractivity contribution is 7.18. The van der Waals surface area contributed by atoms with E-state index in [0.29, 0.717) is 16.9 Å². The molecule has 1 amide bonds. The number of anilines is 4. The number of nitrogens with two attached hydrogens (primary N) is 1. The molecule has 0 aliphatic rings. The molecule has 2 aromatic carbocycles. The molecule has 0 saturated carbocycles. The molecule has 0 bridgehead atoms. The van der Waals surface area contributed by atoms with Crippen LogP contribution in [-0.4, -0.2) is 27.3 Å². The van der Waals surface area contributed by atoms with E-state index in [9.17, 15) is 4.79 Å². The zero-order valence-corrected chi connectivity index (χ0v) is 19.3. The highest BCUT2D eigenvalue weighted by Gasteiger charge is 2.12. The van der Waals surface area contributed by atoms with E-state index < -0.39 is 0 Å². The maximum absolute atomic E-state index is 12.5. The fourth-order valence-electron chi connectivity index (χ4n) is 3.60. The SMILES string of the molecule is CNCc1ccc2ncc(-c3cnc(Nc4ccc(C(=O)Nc5ccccc5N)cc4)s3)n2c1. The predicted octanol–water partition coefficient (Wildman–Crippen LogP) is 4.76. The van der Waals surface area contributed by atoms with Crippen molar-refractivity contribution in [3.05, 3.63) is 90.4 Å². The first-order valence-electron chi connectivity index (χ1n) is 10.7. The van der Waals surface area contributed by atoms with Crippen LogP contribution in [0.3, 0.4) is 0 Å². The van der Waals surface area contributed by atoms with Crippen LogP contribution in [0.1, 0.15) is 15.9 Å². The Morgan fingerprint density at radius 1 is 1.03 bits per heavy atom. The number of nitrogen functional groups attached to an aromatic ring is 1. The summed E-state index contributed by atoms with van der Waals surface area (Å²) in [7, 11) is 1.93. The van der Waals surface area contributed by atoms with Crippen molar-refractivity contribution in [1.29, 1.82) is 0 Å². The van der Waals surface area contributed by atoms with Crippen molar-refractivity contribution in [2.45, 2.75) is 6.54 Å². The number of amides is 1. The first-order valence-corrected chi connectivity index (χ1v) is 11.5. The molecule has 0 spiro atoms. The maximum atomic E-state index is 12.5. The van der Waals surface area contributed by atoms with Gasteiger partial charge < -0.3 is 21.7 Å². The minimum absolute atomic E-state index is 0.216. The zero-order valence-electron chi connectivity index (χ0n) is 18.4. The monoisotopic (exact) mass is 469 g/mol. The molecule has 34 heavy (non-hydrogen) atoms. The first kappa shape index (κ1) is 21.6. The van der Waals surface area contributed by atoms with Crippen molar-refractivity contribution >= 4 is 45.1 Å². The average molecular weight is 470 g/mol. The Kier molecular flexibility index (Phi) is 5.94. The summed E-state index contributed by atoms with van der Waals surface area (Å²) in [4.78, 5) is 22.6. The van der Waals surface area contributed by atoms with E-state index in [1.54, 1.807) is 35.6 Å². The fraction of sp³-hybridized carbons (Fsp3) is 0.0800. The first-order chi connectivity index (χ1) is 16.6. The van der Waals surface area contributed by atoms with E-state index in [0.717, 1.165) is 33.6 Å². The van der Waals surface area contributed by atoms with Crippen LogP contribution < -0.4 is 21.7 Å². The number of nitrogens with zero attached hydrogens (tertiary/aromatic N) is 3. The van der Waals surface area contributed by atoms with Gasteiger partial charge in [0.15, 0.2) is 5.13 Å². The molecular formula is C25H23N7OS. The van der Waals surface area contributed by atoms with Gasteiger partial charge in [0.1, 0.15) is 5.65 Å². The Balaban J connectivity index is 1.29. The number of imidazole rings is 1.